The smallest absolute Gasteiger partial charge is 0.218 e. The zero-order chi connectivity index (χ0) is 28.3. The SMILES string of the molecule is CC(=O)[O-].NC(=NCCCCCCN=C(N)/N=C(\N)Nc1ccc(Cl)cc1)/N=C(\N)Nc1ccc(Cl)cc1. The van der Waals surface area contributed by atoms with Crippen molar-refractivity contribution in [2.24, 2.45) is 42.9 Å². The van der Waals surface area contributed by atoms with Crippen molar-refractivity contribution >= 4 is 64.4 Å². The molecule has 14 heteroatoms. The van der Waals surface area contributed by atoms with E-state index in [0.29, 0.717) is 23.1 Å². The summed E-state index contributed by atoms with van der Waals surface area (Å²) in [6.07, 6.45) is 3.68. The van der Waals surface area contributed by atoms with Gasteiger partial charge in [0.15, 0.2) is 0 Å². The van der Waals surface area contributed by atoms with Gasteiger partial charge >= 0.3 is 0 Å². The van der Waals surface area contributed by atoms with Gasteiger partial charge in [-0.25, -0.2) is 0 Å². The number of hydrogen-bond acceptors (Lipinski definition) is 4. The Balaban J connectivity index is 0.00000168. The molecule has 0 aromatic heterocycles. The molecule has 10 N–H and O–H groups in total. The maximum atomic E-state index is 8.89. The molecule has 2 aromatic rings. The van der Waals surface area contributed by atoms with Crippen molar-refractivity contribution in [3.63, 3.8) is 0 Å². The number of nitrogens with two attached hydrogens (primary N) is 4. The highest BCUT2D eigenvalue weighted by molar-refractivity contribution is 6.31. The molecule has 0 atom stereocenters. The van der Waals surface area contributed by atoms with Gasteiger partial charge in [-0.15, -0.1) is 0 Å². The fourth-order valence-electron chi connectivity index (χ4n) is 2.70. The zero-order valence-corrected chi connectivity index (χ0v) is 22.5. The second-order valence-corrected chi connectivity index (χ2v) is 8.52. The van der Waals surface area contributed by atoms with Crippen molar-refractivity contribution < 1.29 is 9.90 Å². The predicted octanol–water partition coefficient (Wildman–Crippen LogP) is 2.09. The fraction of sp³-hybridized carbons (Fsp3) is 0.292. The Hall–Kier alpha value is -4.03. The summed E-state index contributed by atoms with van der Waals surface area (Å²) >= 11 is 11.7. The number of nitrogens with one attached hydrogen (secondary N) is 2. The molecule has 0 amide bonds. The number of anilines is 2. The average Bonchev–Trinajstić information content (AvgIpc) is 2.83. The largest absolute Gasteiger partial charge is 0.550 e. The van der Waals surface area contributed by atoms with Crippen LogP contribution < -0.4 is 38.7 Å². The van der Waals surface area contributed by atoms with Gasteiger partial charge in [-0.05, 0) is 68.3 Å². The number of carboxylic acids is 1. The van der Waals surface area contributed by atoms with Gasteiger partial charge in [-0.3, -0.25) is 9.98 Å². The molecule has 12 nitrogen and oxygen atoms in total. The Labute approximate surface area is 231 Å². The number of carbonyl (C=O) groups excluding carboxylic acids is 1. The van der Waals surface area contributed by atoms with Crippen LogP contribution in [0.5, 0.6) is 0 Å². The van der Waals surface area contributed by atoms with E-state index in [4.69, 9.17) is 56.0 Å². The summed E-state index contributed by atoms with van der Waals surface area (Å²) in [5.41, 5.74) is 24.8. The monoisotopic (exact) mass is 563 g/mol. The standard InChI is InChI=1S/C22H30Cl2N10.C2H4O2/c23-15-5-9-17(10-6-15)31-21(27)33-19(25)29-13-3-1-2-4-14-30-20(26)34-22(28)32-18-11-7-16(24)8-12-18;1-2(3)4/h5-12H,1-4,13-14H2,(H5,25,27,29,31,33)(H5,26,28,30,32,34);1H3,(H,3,4)/p-1. The third kappa shape index (κ3) is 16.6. The Bertz CT molecular complexity index is 1030. The molecular formula is C24H33Cl2N10O2-. The minimum Gasteiger partial charge on any atom is -0.550 e. The van der Waals surface area contributed by atoms with Gasteiger partial charge in [0.2, 0.25) is 23.8 Å². The molecule has 0 saturated carbocycles. The number of unbranched alkanes of at least 4 members (excludes halogenated alkanes) is 3. The number of carboxylic acid groups (broad SMARTS) is 1. The highest BCUT2D eigenvalue weighted by atomic mass is 35.5. The van der Waals surface area contributed by atoms with E-state index in [2.05, 4.69) is 30.6 Å². The van der Waals surface area contributed by atoms with Crippen LogP contribution in [0.1, 0.15) is 32.6 Å². The zero-order valence-electron chi connectivity index (χ0n) is 21.0. The Kier molecular flexibility index (Phi) is 15.4. The van der Waals surface area contributed by atoms with Gasteiger partial charge in [-0.1, -0.05) is 36.0 Å². The first-order chi connectivity index (χ1) is 18.0. The lowest BCUT2D eigenvalue weighted by molar-refractivity contribution is -0.302. The van der Waals surface area contributed by atoms with Crippen LogP contribution in [0.3, 0.4) is 0 Å². The van der Waals surface area contributed by atoms with E-state index in [1.807, 2.05) is 0 Å². The van der Waals surface area contributed by atoms with E-state index in [1.165, 1.54) is 0 Å². The molecule has 0 unspecified atom stereocenters. The first kappa shape index (κ1) is 32.0. The molecule has 38 heavy (non-hydrogen) atoms. The molecule has 0 heterocycles. The summed E-state index contributed by atoms with van der Waals surface area (Å²) in [7, 11) is 0. The van der Waals surface area contributed by atoms with Gasteiger partial charge in [0.1, 0.15) is 0 Å². The number of guanidine groups is 4. The van der Waals surface area contributed by atoms with E-state index in [1.54, 1.807) is 48.5 Å². The van der Waals surface area contributed by atoms with Crippen LogP contribution in [-0.2, 0) is 4.79 Å². The Morgan fingerprint density at radius 3 is 1.34 bits per heavy atom. The van der Waals surface area contributed by atoms with Gasteiger partial charge in [-0.2, -0.15) is 9.98 Å². The van der Waals surface area contributed by atoms with Crippen molar-refractivity contribution in [3.05, 3.63) is 58.6 Å². The van der Waals surface area contributed by atoms with Gasteiger partial charge in [0.05, 0.1) is 0 Å². The Morgan fingerprint density at radius 2 is 1.03 bits per heavy atom. The van der Waals surface area contributed by atoms with Crippen LogP contribution in [0.2, 0.25) is 10.0 Å². The number of hydrogen-bond donors (Lipinski definition) is 6. The second kappa shape index (κ2) is 18.3. The molecule has 0 bridgehead atoms. The highest BCUT2D eigenvalue weighted by Gasteiger charge is 1.99. The molecule has 0 aliphatic carbocycles. The van der Waals surface area contributed by atoms with Crippen molar-refractivity contribution in [2.75, 3.05) is 23.7 Å². The van der Waals surface area contributed by atoms with E-state index >= 15 is 0 Å². The molecule has 2 aromatic carbocycles. The van der Waals surface area contributed by atoms with E-state index in [-0.39, 0.29) is 23.8 Å². The van der Waals surface area contributed by atoms with E-state index < -0.39 is 5.97 Å². The molecule has 0 spiro atoms. The first-order valence-corrected chi connectivity index (χ1v) is 12.3. The van der Waals surface area contributed by atoms with Gasteiger partial charge < -0.3 is 43.5 Å². The Morgan fingerprint density at radius 1 is 0.711 bits per heavy atom. The van der Waals surface area contributed by atoms with Crippen molar-refractivity contribution in [3.8, 4) is 0 Å². The quantitative estimate of drug-likeness (QED) is 0.150. The van der Waals surface area contributed by atoms with Crippen LogP contribution in [0, 0.1) is 0 Å². The molecule has 0 saturated heterocycles. The molecule has 0 radical (unpaired) electrons. The van der Waals surface area contributed by atoms with Crippen LogP contribution in [0.4, 0.5) is 11.4 Å². The maximum Gasteiger partial charge on any atom is 0.218 e. The number of nitrogens with zero attached hydrogens (tertiary/aromatic N) is 4. The van der Waals surface area contributed by atoms with Crippen LogP contribution >= 0.6 is 23.2 Å². The molecule has 0 aliphatic rings. The predicted molar refractivity (Wildman–Crippen MR) is 156 cm³/mol. The number of halogens is 2. The van der Waals surface area contributed by atoms with Crippen molar-refractivity contribution in [2.45, 2.75) is 32.6 Å². The van der Waals surface area contributed by atoms with Crippen molar-refractivity contribution in [1.82, 2.24) is 0 Å². The summed E-state index contributed by atoms with van der Waals surface area (Å²) in [4.78, 5) is 25.4. The lowest BCUT2D eigenvalue weighted by Crippen LogP contribution is -2.26. The summed E-state index contributed by atoms with van der Waals surface area (Å²) in [6, 6.07) is 14.1. The number of carbonyl (C=O) groups is 1. The minimum atomic E-state index is -1.08. The summed E-state index contributed by atoms with van der Waals surface area (Å²) in [6.45, 7) is 2.10. The second-order valence-electron chi connectivity index (χ2n) is 7.64. The lowest BCUT2D eigenvalue weighted by Gasteiger charge is -2.05. The molecule has 0 aliphatic heterocycles. The van der Waals surface area contributed by atoms with Crippen LogP contribution in [-0.4, -0.2) is 42.9 Å². The third-order valence-corrected chi connectivity index (χ3v) is 4.82. The summed E-state index contributed by atoms with van der Waals surface area (Å²) < 4.78 is 0. The molecule has 0 fully saturated rings. The summed E-state index contributed by atoms with van der Waals surface area (Å²) in [5, 5.41) is 16.0. The minimum absolute atomic E-state index is 0.124. The number of benzene rings is 2. The molecular weight excluding hydrogens is 531 g/mol. The van der Waals surface area contributed by atoms with E-state index in [9.17, 15) is 0 Å². The number of rotatable bonds is 9. The van der Waals surface area contributed by atoms with Gasteiger partial charge in [0.25, 0.3) is 0 Å². The summed E-state index contributed by atoms with van der Waals surface area (Å²) in [5.74, 6) is -0.519. The number of aliphatic imine (C=N–C) groups is 4. The van der Waals surface area contributed by atoms with Crippen LogP contribution in [0.15, 0.2) is 68.5 Å². The molecule has 206 valence electrons. The maximum absolute atomic E-state index is 8.89. The normalized spacial score (nSPS) is 12.4. The van der Waals surface area contributed by atoms with Crippen LogP contribution in [0.25, 0.3) is 0 Å². The fourth-order valence-corrected chi connectivity index (χ4v) is 2.95. The topological polar surface area (TPSA) is 218 Å². The average molecular weight is 565 g/mol. The highest BCUT2D eigenvalue weighted by Crippen LogP contribution is 2.13. The van der Waals surface area contributed by atoms with Gasteiger partial charge in [0, 0.05) is 40.5 Å². The third-order valence-electron chi connectivity index (χ3n) is 4.32. The first-order valence-electron chi connectivity index (χ1n) is 11.6. The lowest BCUT2D eigenvalue weighted by atomic mass is 10.2. The van der Waals surface area contributed by atoms with Crippen molar-refractivity contribution in [1.29, 1.82) is 0 Å². The van der Waals surface area contributed by atoms with E-state index in [0.717, 1.165) is 44.0 Å². The number of aliphatic carboxylic acids is 1. The molecule has 2 rings (SSSR count).